The van der Waals surface area contributed by atoms with Gasteiger partial charge >= 0.3 is 0 Å². The summed E-state index contributed by atoms with van der Waals surface area (Å²) in [6.07, 6.45) is 3.10. The topological polar surface area (TPSA) is 118 Å². The minimum absolute atomic E-state index is 0.0415. The fourth-order valence-corrected chi connectivity index (χ4v) is 3.88. The molecular weight excluding hydrogens is 563 g/mol. The second kappa shape index (κ2) is 10.6. The number of nitrogens with zero attached hydrogens (tertiary/aromatic N) is 6. The molecule has 3 aromatic rings. The van der Waals surface area contributed by atoms with Crippen LogP contribution in [0.2, 0.25) is 10.3 Å². The molecule has 2 aromatic heterocycles. The highest BCUT2D eigenvalue weighted by Gasteiger charge is 2.20. The molecule has 0 atom stereocenters. The number of benzene rings is 1. The number of rotatable bonds is 6. The molecule has 0 bridgehead atoms. The SMILES string of the molecule is Oc1c(/C=N/Nc2ncc(F)c(N3CCOCC3)n2)cc(Br)c(Oc2nc(Cl)ncc2F)c1Cl. The van der Waals surface area contributed by atoms with Crippen LogP contribution in [0.4, 0.5) is 20.5 Å². The van der Waals surface area contributed by atoms with Crippen molar-refractivity contribution < 1.29 is 23.4 Å². The van der Waals surface area contributed by atoms with E-state index in [-0.39, 0.29) is 37.9 Å². The van der Waals surface area contributed by atoms with Crippen molar-refractivity contribution >= 4 is 57.1 Å². The molecule has 10 nitrogen and oxygen atoms in total. The highest BCUT2D eigenvalue weighted by molar-refractivity contribution is 9.10. The summed E-state index contributed by atoms with van der Waals surface area (Å²) in [4.78, 5) is 16.9. The van der Waals surface area contributed by atoms with Crippen LogP contribution in [0, 0.1) is 11.6 Å². The average Bonchev–Trinajstić information content (AvgIpc) is 2.83. The Balaban J connectivity index is 1.52. The van der Waals surface area contributed by atoms with Crippen molar-refractivity contribution in [2.45, 2.75) is 0 Å². The van der Waals surface area contributed by atoms with E-state index in [1.165, 1.54) is 12.3 Å². The molecule has 0 amide bonds. The lowest BCUT2D eigenvalue weighted by atomic mass is 10.2. The van der Waals surface area contributed by atoms with Gasteiger partial charge in [0.05, 0.1) is 36.3 Å². The number of nitrogens with one attached hydrogen (secondary N) is 1. The number of hydrogen-bond acceptors (Lipinski definition) is 10. The van der Waals surface area contributed by atoms with Gasteiger partial charge in [0.25, 0.3) is 5.88 Å². The zero-order valence-electron chi connectivity index (χ0n) is 17.0. The Morgan fingerprint density at radius 3 is 2.68 bits per heavy atom. The lowest BCUT2D eigenvalue weighted by molar-refractivity contribution is 0.122. The molecule has 1 saturated heterocycles. The van der Waals surface area contributed by atoms with E-state index >= 15 is 0 Å². The second-order valence-corrected chi connectivity index (χ2v) is 8.24. The van der Waals surface area contributed by atoms with Crippen molar-refractivity contribution in [3.63, 3.8) is 0 Å². The number of hydrazone groups is 1. The standard InChI is InChI=1S/C19H14BrCl2F2N7O3/c20-10-5-9(14(32)13(21)15(10)34-17-12(24)8-25-18(22)29-17)6-27-30-19-26-7-11(23)16(28-19)31-1-3-33-4-2-31/h5-8,32H,1-4H2,(H,26,28,30)/b27-6+. The predicted octanol–water partition coefficient (Wildman–Crippen LogP) is 4.39. The van der Waals surface area contributed by atoms with Gasteiger partial charge in [-0.2, -0.15) is 19.5 Å². The molecule has 3 heterocycles. The summed E-state index contributed by atoms with van der Waals surface area (Å²) in [5, 5.41) is 13.9. The first-order valence-corrected chi connectivity index (χ1v) is 11.1. The Hall–Kier alpha value is -2.87. The highest BCUT2D eigenvalue weighted by atomic mass is 79.9. The largest absolute Gasteiger partial charge is 0.506 e. The maximum Gasteiger partial charge on any atom is 0.260 e. The fraction of sp³-hybridized carbons (Fsp3) is 0.211. The quantitative estimate of drug-likeness (QED) is 0.250. The first kappa shape index (κ1) is 24.3. The van der Waals surface area contributed by atoms with Crippen LogP contribution in [-0.2, 0) is 4.74 Å². The summed E-state index contributed by atoms with van der Waals surface area (Å²) in [7, 11) is 0. The van der Waals surface area contributed by atoms with E-state index in [1.807, 2.05) is 0 Å². The van der Waals surface area contributed by atoms with Crippen LogP contribution in [0.25, 0.3) is 0 Å². The van der Waals surface area contributed by atoms with Gasteiger partial charge in [-0.1, -0.05) is 11.6 Å². The van der Waals surface area contributed by atoms with Gasteiger partial charge in [0.2, 0.25) is 17.0 Å². The Kier molecular flexibility index (Phi) is 7.56. The van der Waals surface area contributed by atoms with Crippen molar-refractivity contribution in [2.75, 3.05) is 36.6 Å². The third-order valence-electron chi connectivity index (χ3n) is 4.47. The molecule has 178 valence electrons. The predicted molar refractivity (Wildman–Crippen MR) is 124 cm³/mol. The highest BCUT2D eigenvalue weighted by Crippen LogP contribution is 2.43. The van der Waals surface area contributed by atoms with Gasteiger partial charge in [0, 0.05) is 18.7 Å². The van der Waals surface area contributed by atoms with Crippen molar-refractivity contribution in [3.05, 3.63) is 50.4 Å². The van der Waals surface area contributed by atoms with Crippen LogP contribution < -0.4 is 15.1 Å². The third kappa shape index (κ3) is 5.43. The normalized spacial score (nSPS) is 14.0. The monoisotopic (exact) mass is 575 g/mol. The minimum Gasteiger partial charge on any atom is -0.506 e. The molecule has 1 aliphatic heterocycles. The van der Waals surface area contributed by atoms with Crippen LogP contribution in [0.1, 0.15) is 5.56 Å². The molecule has 15 heteroatoms. The van der Waals surface area contributed by atoms with Gasteiger partial charge < -0.3 is 19.5 Å². The molecule has 0 unspecified atom stereocenters. The van der Waals surface area contributed by atoms with Gasteiger partial charge in [-0.3, -0.25) is 0 Å². The summed E-state index contributed by atoms with van der Waals surface area (Å²) < 4.78 is 38.9. The van der Waals surface area contributed by atoms with Gasteiger partial charge in [0.15, 0.2) is 17.4 Å². The first-order chi connectivity index (χ1) is 16.3. The minimum atomic E-state index is -0.877. The summed E-state index contributed by atoms with van der Waals surface area (Å²) in [6, 6.07) is 1.42. The van der Waals surface area contributed by atoms with Gasteiger partial charge in [-0.15, -0.1) is 0 Å². The molecular formula is C19H14BrCl2F2N7O3. The Morgan fingerprint density at radius 2 is 1.91 bits per heavy atom. The van der Waals surface area contributed by atoms with Crippen molar-refractivity contribution in [3.8, 4) is 17.4 Å². The number of phenols is 1. The van der Waals surface area contributed by atoms with Crippen LogP contribution in [0.15, 0.2) is 28.0 Å². The number of anilines is 2. The fourth-order valence-electron chi connectivity index (χ4n) is 2.87. The maximum absolute atomic E-state index is 14.1. The average molecular weight is 577 g/mol. The van der Waals surface area contributed by atoms with E-state index in [4.69, 9.17) is 32.7 Å². The van der Waals surface area contributed by atoms with E-state index in [0.717, 1.165) is 12.4 Å². The van der Waals surface area contributed by atoms with Crippen molar-refractivity contribution in [1.29, 1.82) is 0 Å². The van der Waals surface area contributed by atoms with E-state index in [1.54, 1.807) is 4.90 Å². The number of phenolic OH excluding ortho intramolecular Hbond substituents is 1. The van der Waals surface area contributed by atoms with E-state index in [9.17, 15) is 13.9 Å². The number of aromatic hydroxyl groups is 1. The summed E-state index contributed by atoms with van der Waals surface area (Å²) in [5.74, 6) is -2.26. The Bertz CT molecular complexity index is 1250. The zero-order valence-corrected chi connectivity index (χ0v) is 20.1. The van der Waals surface area contributed by atoms with Gasteiger partial charge in [0.1, 0.15) is 10.8 Å². The molecule has 4 rings (SSSR count). The molecule has 34 heavy (non-hydrogen) atoms. The molecule has 0 aliphatic carbocycles. The van der Waals surface area contributed by atoms with Crippen molar-refractivity contribution in [1.82, 2.24) is 19.9 Å². The Labute approximate surface area is 209 Å². The smallest absolute Gasteiger partial charge is 0.260 e. The summed E-state index contributed by atoms with van der Waals surface area (Å²) in [6.45, 7) is 1.93. The number of halogens is 5. The number of hydrogen-bond donors (Lipinski definition) is 2. The lowest BCUT2D eigenvalue weighted by Gasteiger charge is -2.27. The number of morpholine rings is 1. The first-order valence-electron chi connectivity index (χ1n) is 9.54. The molecule has 0 saturated carbocycles. The van der Waals surface area contributed by atoms with E-state index in [2.05, 4.69) is 46.4 Å². The molecule has 1 aromatic carbocycles. The van der Waals surface area contributed by atoms with Crippen LogP contribution in [0.3, 0.4) is 0 Å². The number of ether oxygens (including phenoxy) is 2. The summed E-state index contributed by atoms with van der Waals surface area (Å²) >= 11 is 15.1. The Morgan fingerprint density at radius 1 is 1.18 bits per heavy atom. The molecule has 2 N–H and O–H groups in total. The molecule has 1 fully saturated rings. The van der Waals surface area contributed by atoms with E-state index in [0.29, 0.717) is 26.3 Å². The molecule has 0 radical (unpaired) electrons. The van der Waals surface area contributed by atoms with Crippen LogP contribution in [-0.4, -0.2) is 57.6 Å². The van der Waals surface area contributed by atoms with Crippen molar-refractivity contribution in [2.24, 2.45) is 5.10 Å². The van der Waals surface area contributed by atoms with Crippen LogP contribution >= 0.6 is 39.1 Å². The van der Waals surface area contributed by atoms with Crippen LogP contribution in [0.5, 0.6) is 17.4 Å². The van der Waals surface area contributed by atoms with Gasteiger partial charge in [-0.25, -0.2) is 19.8 Å². The molecule has 0 spiro atoms. The maximum atomic E-state index is 14.1. The number of aromatic nitrogens is 4. The van der Waals surface area contributed by atoms with Gasteiger partial charge in [-0.05, 0) is 33.6 Å². The summed E-state index contributed by atoms with van der Waals surface area (Å²) in [5.41, 5.74) is 2.75. The lowest BCUT2D eigenvalue weighted by Crippen LogP contribution is -2.37. The zero-order chi connectivity index (χ0) is 24.2. The second-order valence-electron chi connectivity index (χ2n) is 6.67. The molecule has 1 aliphatic rings. The third-order valence-corrected chi connectivity index (χ3v) is 5.59. The van der Waals surface area contributed by atoms with E-state index < -0.39 is 23.3 Å².